The van der Waals surface area contributed by atoms with Crippen molar-refractivity contribution in [1.82, 2.24) is 16.0 Å². The van der Waals surface area contributed by atoms with E-state index in [1.165, 1.54) is 24.6 Å². The summed E-state index contributed by atoms with van der Waals surface area (Å²) in [6, 6.07) is 2.80. The Morgan fingerprint density at radius 1 is 1.21 bits per heavy atom. The van der Waals surface area contributed by atoms with Crippen molar-refractivity contribution < 1.29 is 34.1 Å². The maximum atomic E-state index is 12.4. The van der Waals surface area contributed by atoms with Crippen LogP contribution in [-0.4, -0.2) is 72.9 Å². The summed E-state index contributed by atoms with van der Waals surface area (Å²) >= 11 is 0. The summed E-state index contributed by atoms with van der Waals surface area (Å²) in [5.74, 6) is -1.01. The van der Waals surface area contributed by atoms with Crippen LogP contribution in [0.25, 0.3) is 0 Å². The number of nitrogens with zero attached hydrogens (tertiary/aromatic N) is 1. The van der Waals surface area contributed by atoms with Gasteiger partial charge in [0.05, 0.1) is 24.6 Å². The molecular formula is C23H32N4O7. The lowest BCUT2D eigenvalue weighted by Crippen LogP contribution is -2.48. The van der Waals surface area contributed by atoms with Gasteiger partial charge < -0.3 is 35.6 Å². The topological polar surface area (TPSA) is 159 Å². The average molecular weight is 477 g/mol. The molecule has 2 amide bonds. The number of aliphatic carboxylic acids is 1. The van der Waals surface area contributed by atoms with E-state index in [1.54, 1.807) is 6.08 Å². The highest BCUT2D eigenvalue weighted by molar-refractivity contribution is 5.97. The number of nitrogens with one attached hydrogen (secondary N) is 3. The van der Waals surface area contributed by atoms with Crippen molar-refractivity contribution in [2.45, 2.75) is 38.1 Å². The van der Waals surface area contributed by atoms with Crippen LogP contribution in [0.4, 0.5) is 4.79 Å². The Hall–Kier alpha value is -3.76. The van der Waals surface area contributed by atoms with Gasteiger partial charge in [0.2, 0.25) is 0 Å². The van der Waals surface area contributed by atoms with Crippen molar-refractivity contribution in [2.75, 3.05) is 32.8 Å². The summed E-state index contributed by atoms with van der Waals surface area (Å²) in [6.07, 6.45) is 5.39. The minimum atomic E-state index is -1.41. The molecule has 1 atom stereocenters. The van der Waals surface area contributed by atoms with Gasteiger partial charge in [0, 0.05) is 25.6 Å². The molecular weight excluding hydrogens is 444 g/mol. The fourth-order valence-corrected chi connectivity index (χ4v) is 3.08. The third-order valence-electron chi connectivity index (χ3n) is 4.90. The number of carbonyl (C=O) groups is 3. The molecule has 1 aromatic rings. The molecule has 5 N–H and O–H groups in total. The summed E-state index contributed by atoms with van der Waals surface area (Å²) in [5, 5.41) is 27.2. The SMILES string of the molecule is C=CCCOC(=O)N[C@@H](CNC(=O)c1ccc(OCCNC2=NCCCCC2)cc1O)C(=O)O. The number of ether oxygens (including phenoxy) is 2. The normalized spacial score (nSPS) is 14.1. The Bertz CT molecular complexity index is 888. The number of carboxylic acid groups (broad SMARTS) is 1. The van der Waals surface area contributed by atoms with Crippen molar-refractivity contribution in [1.29, 1.82) is 0 Å². The van der Waals surface area contributed by atoms with E-state index in [1.807, 2.05) is 0 Å². The van der Waals surface area contributed by atoms with Crippen LogP contribution in [0.5, 0.6) is 11.5 Å². The molecule has 0 radical (unpaired) electrons. The monoisotopic (exact) mass is 476 g/mol. The minimum Gasteiger partial charge on any atom is -0.507 e. The van der Waals surface area contributed by atoms with E-state index >= 15 is 0 Å². The van der Waals surface area contributed by atoms with Crippen LogP contribution in [-0.2, 0) is 9.53 Å². The fraction of sp³-hybridized carbons (Fsp3) is 0.478. The first-order chi connectivity index (χ1) is 16.4. The highest BCUT2D eigenvalue weighted by Gasteiger charge is 2.22. The van der Waals surface area contributed by atoms with E-state index in [9.17, 15) is 24.6 Å². The highest BCUT2D eigenvalue weighted by atomic mass is 16.5. The number of carbonyl (C=O) groups excluding carboxylic acids is 2. The van der Waals surface area contributed by atoms with E-state index in [4.69, 9.17) is 9.47 Å². The molecule has 34 heavy (non-hydrogen) atoms. The molecule has 11 heteroatoms. The van der Waals surface area contributed by atoms with Crippen molar-refractivity contribution in [2.24, 2.45) is 4.99 Å². The van der Waals surface area contributed by atoms with Crippen molar-refractivity contribution in [3.8, 4) is 11.5 Å². The van der Waals surface area contributed by atoms with Gasteiger partial charge in [0.25, 0.3) is 5.91 Å². The van der Waals surface area contributed by atoms with E-state index in [0.29, 0.717) is 25.3 Å². The number of amides is 2. The van der Waals surface area contributed by atoms with Crippen LogP contribution in [0.3, 0.4) is 0 Å². The van der Waals surface area contributed by atoms with Crippen LogP contribution in [0.2, 0.25) is 0 Å². The largest absolute Gasteiger partial charge is 0.507 e. The molecule has 1 heterocycles. The number of aliphatic imine (C=N–C) groups is 1. The van der Waals surface area contributed by atoms with Gasteiger partial charge >= 0.3 is 12.1 Å². The molecule has 0 fully saturated rings. The van der Waals surface area contributed by atoms with Gasteiger partial charge in [-0.1, -0.05) is 12.5 Å². The van der Waals surface area contributed by atoms with Crippen LogP contribution in [0, 0.1) is 0 Å². The highest BCUT2D eigenvalue weighted by Crippen LogP contribution is 2.23. The van der Waals surface area contributed by atoms with E-state index in [2.05, 4.69) is 27.5 Å². The van der Waals surface area contributed by atoms with Crippen LogP contribution in [0.1, 0.15) is 42.5 Å². The molecule has 1 aromatic carbocycles. The maximum absolute atomic E-state index is 12.4. The predicted molar refractivity (Wildman–Crippen MR) is 125 cm³/mol. The Balaban J connectivity index is 1.80. The molecule has 186 valence electrons. The third-order valence-corrected chi connectivity index (χ3v) is 4.90. The fourth-order valence-electron chi connectivity index (χ4n) is 3.08. The zero-order chi connectivity index (χ0) is 24.8. The van der Waals surface area contributed by atoms with Gasteiger partial charge in [-0.05, 0) is 31.4 Å². The van der Waals surface area contributed by atoms with Crippen LogP contribution >= 0.6 is 0 Å². The molecule has 0 aromatic heterocycles. The second kappa shape index (κ2) is 14.4. The Morgan fingerprint density at radius 3 is 2.76 bits per heavy atom. The lowest BCUT2D eigenvalue weighted by molar-refractivity contribution is -0.139. The quantitative estimate of drug-likeness (QED) is 0.226. The average Bonchev–Trinajstić information content (AvgIpc) is 3.08. The molecule has 0 saturated carbocycles. The lowest BCUT2D eigenvalue weighted by Gasteiger charge is -2.16. The first-order valence-corrected chi connectivity index (χ1v) is 11.2. The van der Waals surface area contributed by atoms with Gasteiger partial charge in [-0.25, -0.2) is 9.59 Å². The van der Waals surface area contributed by atoms with Gasteiger partial charge in [0.15, 0.2) is 0 Å². The summed E-state index contributed by atoms with van der Waals surface area (Å²) in [5.41, 5.74) is -0.0593. The molecule has 1 aliphatic rings. The second-order valence-corrected chi connectivity index (χ2v) is 7.55. The minimum absolute atomic E-state index is 0.0567. The molecule has 0 bridgehead atoms. The van der Waals surface area contributed by atoms with Gasteiger partial charge in [-0.15, -0.1) is 6.58 Å². The molecule has 2 rings (SSSR count). The zero-order valence-electron chi connectivity index (χ0n) is 19.0. The smallest absolute Gasteiger partial charge is 0.407 e. The van der Waals surface area contributed by atoms with E-state index < -0.39 is 30.6 Å². The Labute approximate surface area is 198 Å². The maximum Gasteiger partial charge on any atom is 0.407 e. The standard InChI is InChI=1S/C23H32N4O7/c1-2-3-12-34-23(32)27-18(22(30)31)15-26-21(29)17-9-8-16(14-19(17)28)33-13-11-25-20-7-5-4-6-10-24-20/h2,8-9,14,18,28H,1,3-7,10-13,15H2,(H,24,25)(H,26,29)(H,27,32)(H,30,31)/t18-/m0/s1. The summed E-state index contributed by atoms with van der Waals surface area (Å²) < 4.78 is 10.4. The van der Waals surface area contributed by atoms with Gasteiger partial charge in [0.1, 0.15) is 24.1 Å². The lowest BCUT2D eigenvalue weighted by atomic mass is 10.1. The predicted octanol–water partition coefficient (Wildman–Crippen LogP) is 1.82. The number of carboxylic acids is 1. The van der Waals surface area contributed by atoms with Crippen LogP contribution < -0.4 is 20.7 Å². The van der Waals surface area contributed by atoms with Crippen molar-refractivity contribution in [3.05, 3.63) is 36.4 Å². The summed E-state index contributed by atoms with van der Waals surface area (Å²) in [7, 11) is 0. The van der Waals surface area contributed by atoms with E-state index in [0.717, 1.165) is 31.6 Å². The van der Waals surface area contributed by atoms with Crippen LogP contribution in [0.15, 0.2) is 35.8 Å². The molecule has 1 aliphatic heterocycles. The number of aromatic hydroxyl groups is 1. The van der Waals surface area contributed by atoms with Gasteiger partial charge in [-0.3, -0.25) is 9.79 Å². The Kier molecular flexibility index (Phi) is 11.2. The van der Waals surface area contributed by atoms with Crippen molar-refractivity contribution >= 4 is 23.8 Å². The number of phenols is 1. The summed E-state index contributed by atoms with van der Waals surface area (Å²) in [6.45, 7) is 4.88. The number of amidine groups is 1. The van der Waals surface area contributed by atoms with Crippen molar-refractivity contribution in [3.63, 3.8) is 0 Å². The number of hydrogen-bond donors (Lipinski definition) is 5. The number of hydrogen-bond acceptors (Lipinski definition) is 8. The Morgan fingerprint density at radius 2 is 2.03 bits per heavy atom. The molecule has 0 aliphatic carbocycles. The molecule has 0 saturated heterocycles. The first-order valence-electron chi connectivity index (χ1n) is 11.2. The number of benzene rings is 1. The number of alkyl carbamates (subject to hydrolysis) is 1. The molecule has 11 nitrogen and oxygen atoms in total. The molecule has 0 spiro atoms. The first kappa shape index (κ1) is 26.5. The number of phenolic OH excluding ortho intramolecular Hbond substituents is 1. The summed E-state index contributed by atoms with van der Waals surface area (Å²) in [4.78, 5) is 39.9. The molecule has 0 unspecified atom stereocenters. The third kappa shape index (κ3) is 9.39. The van der Waals surface area contributed by atoms with Gasteiger partial charge in [-0.2, -0.15) is 0 Å². The van der Waals surface area contributed by atoms with E-state index in [-0.39, 0.29) is 17.9 Å². The second-order valence-electron chi connectivity index (χ2n) is 7.55. The number of rotatable bonds is 12. The zero-order valence-corrected chi connectivity index (χ0v) is 19.0.